The van der Waals surface area contributed by atoms with Gasteiger partial charge in [-0.15, -0.1) is 0 Å². The van der Waals surface area contributed by atoms with Crippen molar-refractivity contribution in [2.75, 3.05) is 11.9 Å². The van der Waals surface area contributed by atoms with E-state index in [-0.39, 0.29) is 13.0 Å². The highest BCUT2D eigenvalue weighted by molar-refractivity contribution is 6.35. The number of anilines is 1. The highest BCUT2D eigenvalue weighted by atomic mass is 35.5. The molecule has 0 aliphatic rings. The minimum absolute atomic E-state index is 0.0300. The molecular formula is C17H22Cl2N2O5. The van der Waals surface area contributed by atoms with Gasteiger partial charge in [0.05, 0.1) is 17.1 Å². The number of amides is 2. The lowest BCUT2D eigenvalue weighted by atomic mass is 10.2. The molecule has 0 saturated heterocycles. The number of benzene rings is 1. The van der Waals surface area contributed by atoms with Gasteiger partial charge in [-0.05, 0) is 45.9 Å². The van der Waals surface area contributed by atoms with Crippen molar-refractivity contribution in [3.8, 4) is 0 Å². The van der Waals surface area contributed by atoms with Crippen LogP contribution in [0, 0.1) is 0 Å². The molecule has 1 atom stereocenters. The smallest absolute Gasteiger partial charge is 0.407 e. The molecule has 0 aromatic heterocycles. The van der Waals surface area contributed by atoms with Crippen LogP contribution in [-0.4, -0.2) is 36.2 Å². The number of ether oxygens (including phenoxy) is 2. The van der Waals surface area contributed by atoms with E-state index in [1.54, 1.807) is 32.9 Å². The molecule has 1 rings (SSSR count). The average Bonchev–Trinajstić information content (AvgIpc) is 2.48. The molecule has 2 amide bonds. The van der Waals surface area contributed by atoms with Gasteiger partial charge in [0.25, 0.3) is 5.91 Å². The maximum absolute atomic E-state index is 12.1. The second kappa shape index (κ2) is 9.64. The molecule has 0 aliphatic heterocycles. The third-order valence-electron chi connectivity index (χ3n) is 2.86. The standard InChI is InChI=1S/C17H22Cl2N2O5/c1-10(15(23)21-13-9-11(18)5-6-12(13)19)25-14(22)7-8-20-16(24)26-17(2,3)4/h5-6,9-10H,7-8H2,1-4H3,(H,20,24)(H,21,23)/t10-/m1/s1. The SMILES string of the molecule is C[C@@H](OC(=O)CCNC(=O)OC(C)(C)C)C(=O)Nc1cc(Cl)ccc1Cl. The van der Waals surface area contributed by atoms with Gasteiger partial charge in [-0.25, -0.2) is 4.79 Å². The first kappa shape index (κ1) is 22.1. The Morgan fingerprint density at radius 2 is 1.85 bits per heavy atom. The predicted octanol–water partition coefficient (Wildman–Crippen LogP) is 3.78. The molecule has 2 N–H and O–H groups in total. The van der Waals surface area contributed by atoms with Gasteiger partial charge in [0.1, 0.15) is 5.60 Å². The fraction of sp³-hybridized carbons (Fsp3) is 0.471. The number of esters is 1. The fourth-order valence-electron chi connectivity index (χ4n) is 1.72. The largest absolute Gasteiger partial charge is 0.452 e. The predicted molar refractivity (Wildman–Crippen MR) is 99.5 cm³/mol. The first-order chi connectivity index (χ1) is 12.0. The van der Waals surface area contributed by atoms with E-state index in [0.717, 1.165) is 0 Å². The van der Waals surface area contributed by atoms with E-state index in [4.69, 9.17) is 32.7 Å². The summed E-state index contributed by atoms with van der Waals surface area (Å²) in [6.45, 7) is 6.64. The minimum atomic E-state index is -1.04. The fourth-order valence-corrected chi connectivity index (χ4v) is 2.05. The molecule has 9 heteroatoms. The van der Waals surface area contributed by atoms with E-state index in [9.17, 15) is 14.4 Å². The number of halogens is 2. The molecule has 0 spiro atoms. The molecule has 7 nitrogen and oxygen atoms in total. The van der Waals surface area contributed by atoms with Crippen molar-refractivity contribution in [3.63, 3.8) is 0 Å². The summed E-state index contributed by atoms with van der Waals surface area (Å²) in [5.41, 5.74) is -0.308. The molecule has 0 bridgehead atoms. The van der Waals surface area contributed by atoms with Crippen LogP contribution < -0.4 is 10.6 Å². The Labute approximate surface area is 162 Å². The summed E-state index contributed by atoms with van der Waals surface area (Å²) in [6, 6.07) is 4.61. The minimum Gasteiger partial charge on any atom is -0.452 e. The van der Waals surface area contributed by atoms with E-state index in [0.29, 0.717) is 15.7 Å². The first-order valence-corrected chi connectivity index (χ1v) is 8.66. The normalized spacial score (nSPS) is 12.1. The van der Waals surface area contributed by atoms with Crippen LogP contribution in [0.15, 0.2) is 18.2 Å². The summed E-state index contributed by atoms with van der Waals surface area (Å²) < 4.78 is 10.1. The number of hydrogen-bond acceptors (Lipinski definition) is 5. The number of carbonyl (C=O) groups excluding carboxylic acids is 3. The first-order valence-electron chi connectivity index (χ1n) is 7.90. The lowest BCUT2D eigenvalue weighted by Crippen LogP contribution is -2.35. The van der Waals surface area contributed by atoms with Gasteiger partial charge in [-0.2, -0.15) is 0 Å². The number of rotatable bonds is 6. The topological polar surface area (TPSA) is 93.7 Å². The summed E-state index contributed by atoms with van der Waals surface area (Å²) in [5.74, 6) is -1.19. The lowest BCUT2D eigenvalue weighted by Gasteiger charge is -2.19. The third kappa shape index (κ3) is 8.40. The summed E-state index contributed by atoms with van der Waals surface area (Å²) in [4.78, 5) is 35.3. The Morgan fingerprint density at radius 3 is 2.46 bits per heavy atom. The molecule has 144 valence electrons. The van der Waals surface area contributed by atoms with E-state index < -0.39 is 29.7 Å². The molecule has 1 aromatic carbocycles. The van der Waals surface area contributed by atoms with Crippen molar-refractivity contribution in [3.05, 3.63) is 28.2 Å². The van der Waals surface area contributed by atoms with Gasteiger partial charge in [-0.1, -0.05) is 23.2 Å². The zero-order valence-corrected chi connectivity index (χ0v) is 16.5. The highest BCUT2D eigenvalue weighted by Crippen LogP contribution is 2.25. The van der Waals surface area contributed by atoms with Crippen molar-refractivity contribution in [1.82, 2.24) is 5.32 Å². The van der Waals surface area contributed by atoms with E-state index >= 15 is 0 Å². The van der Waals surface area contributed by atoms with Crippen LogP contribution in [0.1, 0.15) is 34.1 Å². The van der Waals surface area contributed by atoms with E-state index in [2.05, 4.69) is 10.6 Å². The van der Waals surface area contributed by atoms with Crippen LogP contribution in [0.5, 0.6) is 0 Å². The van der Waals surface area contributed by atoms with Gasteiger partial charge in [-0.3, -0.25) is 9.59 Å². The zero-order chi connectivity index (χ0) is 19.9. The Hall–Kier alpha value is -1.99. The maximum Gasteiger partial charge on any atom is 0.407 e. The van der Waals surface area contributed by atoms with Crippen LogP contribution in [0.4, 0.5) is 10.5 Å². The molecule has 0 fully saturated rings. The number of carbonyl (C=O) groups is 3. The molecule has 0 radical (unpaired) electrons. The van der Waals surface area contributed by atoms with Gasteiger partial charge < -0.3 is 20.1 Å². The summed E-state index contributed by atoms with van der Waals surface area (Å²) in [6.07, 6.45) is -1.78. The Balaban J connectivity index is 2.40. The number of nitrogens with one attached hydrogen (secondary N) is 2. The number of alkyl carbamates (subject to hydrolysis) is 1. The Morgan fingerprint density at radius 1 is 1.19 bits per heavy atom. The zero-order valence-electron chi connectivity index (χ0n) is 15.0. The van der Waals surface area contributed by atoms with Crippen LogP contribution in [0.25, 0.3) is 0 Å². The van der Waals surface area contributed by atoms with Crippen molar-refractivity contribution >= 4 is 46.9 Å². The Bertz CT molecular complexity index is 674. The summed E-state index contributed by atoms with van der Waals surface area (Å²) in [5, 5.41) is 5.68. The summed E-state index contributed by atoms with van der Waals surface area (Å²) >= 11 is 11.8. The number of hydrogen-bond donors (Lipinski definition) is 2. The van der Waals surface area contributed by atoms with Crippen molar-refractivity contribution in [1.29, 1.82) is 0 Å². The van der Waals surface area contributed by atoms with Crippen molar-refractivity contribution < 1.29 is 23.9 Å². The van der Waals surface area contributed by atoms with Crippen molar-refractivity contribution in [2.45, 2.75) is 45.8 Å². The quantitative estimate of drug-likeness (QED) is 0.703. The average molecular weight is 405 g/mol. The molecule has 0 unspecified atom stereocenters. The van der Waals surface area contributed by atoms with Crippen LogP contribution in [0.2, 0.25) is 10.0 Å². The summed E-state index contributed by atoms with van der Waals surface area (Å²) in [7, 11) is 0. The molecular weight excluding hydrogens is 383 g/mol. The highest BCUT2D eigenvalue weighted by Gasteiger charge is 2.20. The van der Waals surface area contributed by atoms with Gasteiger partial charge in [0.15, 0.2) is 6.10 Å². The van der Waals surface area contributed by atoms with Gasteiger partial charge in [0, 0.05) is 11.6 Å². The molecule has 0 heterocycles. The lowest BCUT2D eigenvalue weighted by molar-refractivity contribution is -0.153. The van der Waals surface area contributed by atoms with Crippen LogP contribution in [0.3, 0.4) is 0 Å². The molecule has 26 heavy (non-hydrogen) atoms. The second-order valence-corrected chi connectivity index (χ2v) is 7.27. The molecule has 1 aromatic rings. The van der Waals surface area contributed by atoms with Crippen LogP contribution in [-0.2, 0) is 19.1 Å². The van der Waals surface area contributed by atoms with E-state index in [1.807, 2.05) is 0 Å². The second-order valence-electron chi connectivity index (χ2n) is 6.42. The monoisotopic (exact) mass is 404 g/mol. The van der Waals surface area contributed by atoms with Crippen LogP contribution >= 0.6 is 23.2 Å². The Kier molecular flexibility index (Phi) is 8.17. The molecule has 0 saturated carbocycles. The molecule has 0 aliphatic carbocycles. The van der Waals surface area contributed by atoms with Gasteiger partial charge >= 0.3 is 12.1 Å². The van der Waals surface area contributed by atoms with E-state index in [1.165, 1.54) is 13.0 Å². The van der Waals surface area contributed by atoms with Gasteiger partial charge in [0.2, 0.25) is 0 Å². The van der Waals surface area contributed by atoms with Crippen molar-refractivity contribution in [2.24, 2.45) is 0 Å². The third-order valence-corrected chi connectivity index (χ3v) is 3.43. The maximum atomic E-state index is 12.1.